The van der Waals surface area contributed by atoms with Crippen LogP contribution in [-0.4, -0.2) is 52.6 Å². The Bertz CT molecular complexity index is 384. The SMILES string of the molecule is CCNc1nc(Cl)nc(NCCCN(C)C(C)C)n1. The number of nitrogens with one attached hydrogen (secondary N) is 2. The molecule has 0 bridgehead atoms. The fourth-order valence-electron chi connectivity index (χ4n) is 1.45. The molecule has 0 spiro atoms. The predicted molar refractivity (Wildman–Crippen MR) is 79.9 cm³/mol. The van der Waals surface area contributed by atoms with Gasteiger partial charge in [-0.05, 0) is 52.4 Å². The Morgan fingerprint density at radius 2 is 1.79 bits per heavy atom. The number of rotatable bonds is 8. The molecule has 19 heavy (non-hydrogen) atoms. The maximum absolute atomic E-state index is 5.84. The molecule has 0 amide bonds. The summed E-state index contributed by atoms with van der Waals surface area (Å²) in [4.78, 5) is 14.6. The van der Waals surface area contributed by atoms with Crippen molar-refractivity contribution >= 4 is 23.5 Å². The summed E-state index contributed by atoms with van der Waals surface area (Å²) in [5.74, 6) is 1.02. The Balaban J connectivity index is 2.40. The van der Waals surface area contributed by atoms with Gasteiger partial charge in [0, 0.05) is 19.1 Å². The molecule has 0 saturated carbocycles. The number of hydrogen-bond donors (Lipinski definition) is 2. The highest BCUT2D eigenvalue weighted by Crippen LogP contribution is 2.09. The summed E-state index contributed by atoms with van der Waals surface area (Å²) in [6.07, 6.45) is 1.02. The topological polar surface area (TPSA) is 66.0 Å². The molecule has 0 atom stereocenters. The van der Waals surface area contributed by atoms with E-state index in [2.05, 4.69) is 51.4 Å². The summed E-state index contributed by atoms with van der Waals surface area (Å²) in [6, 6.07) is 0.562. The first-order valence-corrected chi connectivity index (χ1v) is 7.00. The van der Waals surface area contributed by atoms with Crippen molar-refractivity contribution in [3.05, 3.63) is 5.28 Å². The molecule has 1 heterocycles. The standard InChI is InChI=1S/C12H23ClN6/c1-5-14-11-16-10(13)17-12(18-11)15-7-6-8-19(4)9(2)3/h9H,5-8H2,1-4H3,(H2,14,15,16,17,18). The van der Waals surface area contributed by atoms with Crippen LogP contribution in [0.4, 0.5) is 11.9 Å². The quantitative estimate of drug-likeness (QED) is 0.714. The van der Waals surface area contributed by atoms with Gasteiger partial charge in [0.25, 0.3) is 0 Å². The first-order valence-electron chi connectivity index (χ1n) is 6.62. The largest absolute Gasteiger partial charge is 0.354 e. The van der Waals surface area contributed by atoms with Crippen LogP contribution in [0.25, 0.3) is 0 Å². The Labute approximate surface area is 120 Å². The number of hydrogen-bond acceptors (Lipinski definition) is 6. The second-order valence-corrected chi connectivity index (χ2v) is 4.97. The minimum absolute atomic E-state index is 0.202. The van der Waals surface area contributed by atoms with Crippen LogP contribution in [0.1, 0.15) is 27.2 Å². The van der Waals surface area contributed by atoms with Crippen molar-refractivity contribution in [3.8, 4) is 0 Å². The molecule has 0 unspecified atom stereocenters. The van der Waals surface area contributed by atoms with E-state index in [0.717, 1.165) is 26.1 Å². The molecule has 6 nitrogen and oxygen atoms in total. The molecule has 0 aromatic carbocycles. The van der Waals surface area contributed by atoms with Crippen LogP contribution in [0.15, 0.2) is 0 Å². The van der Waals surface area contributed by atoms with Gasteiger partial charge in [0.2, 0.25) is 17.2 Å². The molecule has 1 aromatic rings. The molecule has 0 aliphatic carbocycles. The Hall–Kier alpha value is -1.14. The molecule has 1 rings (SSSR count). The van der Waals surface area contributed by atoms with Gasteiger partial charge in [-0.25, -0.2) is 0 Å². The minimum Gasteiger partial charge on any atom is -0.354 e. The Kier molecular flexibility index (Phi) is 6.80. The van der Waals surface area contributed by atoms with Gasteiger partial charge < -0.3 is 15.5 Å². The minimum atomic E-state index is 0.202. The molecule has 108 valence electrons. The summed E-state index contributed by atoms with van der Waals surface area (Å²) in [7, 11) is 2.12. The van der Waals surface area contributed by atoms with Gasteiger partial charge in [-0.3, -0.25) is 0 Å². The van der Waals surface area contributed by atoms with E-state index < -0.39 is 0 Å². The first-order chi connectivity index (χ1) is 9.02. The van der Waals surface area contributed by atoms with Crippen LogP contribution in [-0.2, 0) is 0 Å². The van der Waals surface area contributed by atoms with Crippen LogP contribution >= 0.6 is 11.6 Å². The van der Waals surface area contributed by atoms with Crippen molar-refractivity contribution in [3.63, 3.8) is 0 Å². The number of aromatic nitrogens is 3. The van der Waals surface area contributed by atoms with E-state index >= 15 is 0 Å². The lowest BCUT2D eigenvalue weighted by Crippen LogP contribution is -2.28. The molecule has 0 aliphatic heterocycles. The van der Waals surface area contributed by atoms with E-state index in [0.29, 0.717) is 17.9 Å². The number of halogens is 1. The maximum Gasteiger partial charge on any atom is 0.228 e. The van der Waals surface area contributed by atoms with E-state index in [1.54, 1.807) is 0 Å². The van der Waals surface area contributed by atoms with Gasteiger partial charge >= 0.3 is 0 Å². The molecule has 0 fully saturated rings. The average molecular weight is 287 g/mol. The molecule has 0 saturated heterocycles. The van der Waals surface area contributed by atoms with E-state index in [4.69, 9.17) is 11.6 Å². The van der Waals surface area contributed by atoms with E-state index in [1.807, 2.05) is 6.92 Å². The molecular weight excluding hydrogens is 264 g/mol. The zero-order valence-corrected chi connectivity index (χ0v) is 12.8. The third kappa shape index (κ3) is 6.02. The monoisotopic (exact) mass is 286 g/mol. The highest BCUT2D eigenvalue weighted by atomic mass is 35.5. The van der Waals surface area contributed by atoms with Crippen LogP contribution in [0.5, 0.6) is 0 Å². The Morgan fingerprint density at radius 3 is 2.37 bits per heavy atom. The van der Waals surface area contributed by atoms with Crippen molar-refractivity contribution in [1.29, 1.82) is 0 Å². The normalized spacial score (nSPS) is 11.1. The molecule has 1 aromatic heterocycles. The predicted octanol–water partition coefficient (Wildman–Crippen LogP) is 2.10. The van der Waals surface area contributed by atoms with Crippen LogP contribution < -0.4 is 10.6 Å². The first kappa shape index (κ1) is 15.9. The van der Waals surface area contributed by atoms with Crippen molar-refractivity contribution in [2.75, 3.05) is 37.3 Å². The maximum atomic E-state index is 5.84. The van der Waals surface area contributed by atoms with Gasteiger partial charge in [-0.1, -0.05) is 0 Å². The highest BCUT2D eigenvalue weighted by Gasteiger charge is 2.05. The van der Waals surface area contributed by atoms with Crippen LogP contribution in [0.3, 0.4) is 0 Å². The van der Waals surface area contributed by atoms with Crippen LogP contribution in [0, 0.1) is 0 Å². The lowest BCUT2D eigenvalue weighted by Gasteiger charge is -2.20. The van der Waals surface area contributed by atoms with Crippen molar-refractivity contribution in [2.24, 2.45) is 0 Å². The van der Waals surface area contributed by atoms with Crippen molar-refractivity contribution in [1.82, 2.24) is 19.9 Å². The summed E-state index contributed by atoms with van der Waals surface area (Å²) in [5.41, 5.74) is 0. The summed E-state index contributed by atoms with van der Waals surface area (Å²) >= 11 is 5.84. The van der Waals surface area contributed by atoms with Gasteiger partial charge in [-0.2, -0.15) is 15.0 Å². The lowest BCUT2D eigenvalue weighted by molar-refractivity contribution is 0.273. The van der Waals surface area contributed by atoms with Crippen molar-refractivity contribution < 1.29 is 0 Å². The number of anilines is 2. The third-order valence-electron chi connectivity index (χ3n) is 2.80. The summed E-state index contributed by atoms with van der Waals surface area (Å²) in [5, 5.41) is 6.38. The van der Waals surface area contributed by atoms with Gasteiger partial charge in [0.15, 0.2) is 0 Å². The summed E-state index contributed by atoms with van der Waals surface area (Å²) in [6.45, 7) is 8.93. The average Bonchev–Trinajstić information content (AvgIpc) is 2.34. The van der Waals surface area contributed by atoms with Gasteiger partial charge in [0.05, 0.1) is 0 Å². The Morgan fingerprint density at radius 1 is 1.16 bits per heavy atom. The fourth-order valence-corrected chi connectivity index (χ4v) is 1.61. The summed E-state index contributed by atoms with van der Waals surface area (Å²) < 4.78 is 0. The van der Waals surface area contributed by atoms with Crippen LogP contribution in [0.2, 0.25) is 5.28 Å². The molecule has 0 aliphatic rings. The second kappa shape index (κ2) is 8.12. The zero-order chi connectivity index (χ0) is 14.3. The third-order valence-corrected chi connectivity index (χ3v) is 2.96. The molecule has 2 N–H and O–H groups in total. The smallest absolute Gasteiger partial charge is 0.228 e. The molecular formula is C12H23ClN6. The fraction of sp³-hybridized carbons (Fsp3) is 0.750. The zero-order valence-electron chi connectivity index (χ0n) is 12.1. The van der Waals surface area contributed by atoms with E-state index in [9.17, 15) is 0 Å². The number of nitrogens with zero attached hydrogens (tertiary/aromatic N) is 4. The molecule has 7 heteroatoms. The van der Waals surface area contributed by atoms with E-state index in [-0.39, 0.29) is 5.28 Å². The van der Waals surface area contributed by atoms with Crippen molar-refractivity contribution in [2.45, 2.75) is 33.2 Å². The van der Waals surface area contributed by atoms with Gasteiger partial charge in [-0.15, -0.1) is 0 Å². The van der Waals surface area contributed by atoms with E-state index in [1.165, 1.54) is 0 Å². The molecule has 0 radical (unpaired) electrons. The lowest BCUT2D eigenvalue weighted by atomic mass is 10.3. The second-order valence-electron chi connectivity index (χ2n) is 4.64. The van der Waals surface area contributed by atoms with Gasteiger partial charge in [0.1, 0.15) is 0 Å². The highest BCUT2D eigenvalue weighted by molar-refractivity contribution is 6.28.